The van der Waals surface area contributed by atoms with Crippen molar-refractivity contribution in [3.05, 3.63) is 0 Å². The van der Waals surface area contributed by atoms with Crippen LogP contribution in [0.25, 0.3) is 0 Å². The molecule has 0 atom stereocenters. The van der Waals surface area contributed by atoms with E-state index in [2.05, 4.69) is 18.7 Å². The average Bonchev–Trinajstić information content (AvgIpc) is 2.46. The van der Waals surface area contributed by atoms with Gasteiger partial charge in [-0.05, 0) is 31.7 Å². The van der Waals surface area contributed by atoms with Crippen molar-refractivity contribution in [2.45, 2.75) is 64.3 Å². The standard InChI is InChI=1S/C17H33N3O/c1-15(2)6-9-19-10-12-20(13-11-19)16(21)14-17(18)7-4-3-5-8-17/h15H,3-14,18H2,1-2H3. The number of nitrogens with two attached hydrogens (primary N) is 1. The molecule has 2 rings (SSSR count). The van der Waals surface area contributed by atoms with Crippen molar-refractivity contribution in [2.24, 2.45) is 11.7 Å². The first-order valence-corrected chi connectivity index (χ1v) is 8.77. The summed E-state index contributed by atoms with van der Waals surface area (Å²) in [5.74, 6) is 1.04. The SMILES string of the molecule is CC(C)CCN1CCN(C(=O)CC2(N)CCCCC2)CC1. The van der Waals surface area contributed by atoms with Gasteiger partial charge in [0.1, 0.15) is 0 Å². The lowest BCUT2D eigenvalue weighted by molar-refractivity contribution is -0.134. The molecule has 0 spiro atoms. The molecule has 4 heteroatoms. The van der Waals surface area contributed by atoms with E-state index in [1.165, 1.54) is 32.2 Å². The highest BCUT2D eigenvalue weighted by Crippen LogP contribution is 2.29. The molecule has 2 fully saturated rings. The van der Waals surface area contributed by atoms with E-state index in [0.29, 0.717) is 6.42 Å². The van der Waals surface area contributed by atoms with Crippen molar-refractivity contribution in [3.8, 4) is 0 Å². The fourth-order valence-electron chi connectivity index (χ4n) is 3.51. The summed E-state index contributed by atoms with van der Waals surface area (Å²) in [6.45, 7) is 9.52. The van der Waals surface area contributed by atoms with E-state index in [4.69, 9.17) is 5.73 Å². The topological polar surface area (TPSA) is 49.6 Å². The fraction of sp³-hybridized carbons (Fsp3) is 0.941. The van der Waals surface area contributed by atoms with Gasteiger partial charge in [-0.2, -0.15) is 0 Å². The third kappa shape index (κ3) is 5.26. The Morgan fingerprint density at radius 2 is 1.71 bits per heavy atom. The number of rotatable bonds is 5. The first-order chi connectivity index (χ1) is 9.98. The van der Waals surface area contributed by atoms with Crippen molar-refractivity contribution in [1.82, 2.24) is 9.80 Å². The van der Waals surface area contributed by atoms with Gasteiger partial charge < -0.3 is 10.6 Å². The second-order valence-electron chi connectivity index (χ2n) is 7.50. The van der Waals surface area contributed by atoms with E-state index in [1.54, 1.807) is 0 Å². The highest BCUT2D eigenvalue weighted by molar-refractivity contribution is 5.77. The maximum absolute atomic E-state index is 12.5. The molecule has 1 saturated heterocycles. The first kappa shape index (κ1) is 16.8. The van der Waals surface area contributed by atoms with E-state index in [9.17, 15) is 4.79 Å². The van der Waals surface area contributed by atoms with E-state index < -0.39 is 0 Å². The molecule has 21 heavy (non-hydrogen) atoms. The molecule has 2 N–H and O–H groups in total. The number of piperazine rings is 1. The summed E-state index contributed by atoms with van der Waals surface area (Å²) in [6.07, 6.45) is 7.50. The van der Waals surface area contributed by atoms with Crippen LogP contribution in [0, 0.1) is 5.92 Å². The number of carbonyl (C=O) groups is 1. The minimum atomic E-state index is -0.218. The van der Waals surface area contributed by atoms with E-state index in [-0.39, 0.29) is 11.4 Å². The minimum absolute atomic E-state index is 0.218. The third-order valence-electron chi connectivity index (χ3n) is 5.10. The second-order valence-corrected chi connectivity index (χ2v) is 7.50. The molecule has 0 bridgehead atoms. The number of carbonyl (C=O) groups excluding carboxylic acids is 1. The Morgan fingerprint density at radius 1 is 1.10 bits per heavy atom. The molecule has 1 aliphatic heterocycles. The zero-order chi connectivity index (χ0) is 15.3. The summed E-state index contributed by atoms with van der Waals surface area (Å²) in [6, 6.07) is 0. The Morgan fingerprint density at radius 3 is 2.29 bits per heavy atom. The summed E-state index contributed by atoms with van der Waals surface area (Å²) in [7, 11) is 0. The first-order valence-electron chi connectivity index (χ1n) is 8.77. The molecule has 1 heterocycles. The van der Waals surface area contributed by atoms with Crippen molar-refractivity contribution in [3.63, 3.8) is 0 Å². The monoisotopic (exact) mass is 295 g/mol. The largest absolute Gasteiger partial charge is 0.340 e. The molecule has 0 aromatic heterocycles. The lowest BCUT2D eigenvalue weighted by atomic mass is 9.80. The van der Waals surface area contributed by atoms with Gasteiger partial charge in [0.15, 0.2) is 0 Å². The van der Waals surface area contributed by atoms with Crippen LogP contribution in [0.5, 0.6) is 0 Å². The summed E-state index contributed by atoms with van der Waals surface area (Å²) < 4.78 is 0. The molecule has 0 aromatic rings. The maximum Gasteiger partial charge on any atom is 0.224 e. The molecular formula is C17H33N3O. The Kier molecular flexibility index (Phi) is 6.06. The van der Waals surface area contributed by atoms with E-state index in [1.807, 2.05) is 4.90 Å². The number of nitrogens with zero attached hydrogens (tertiary/aromatic N) is 2. The number of hydrogen-bond acceptors (Lipinski definition) is 3. The van der Waals surface area contributed by atoms with Crippen molar-refractivity contribution in [2.75, 3.05) is 32.7 Å². The van der Waals surface area contributed by atoms with Gasteiger partial charge in [0, 0.05) is 38.1 Å². The van der Waals surface area contributed by atoms with Gasteiger partial charge >= 0.3 is 0 Å². The highest BCUT2D eigenvalue weighted by Gasteiger charge is 2.32. The van der Waals surface area contributed by atoms with E-state index in [0.717, 1.165) is 44.9 Å². The molecule has 1 aliphatic carbocycles. The molecule has 2 aliphatic rings. The second kappa shape index (κ2) is 7.59. The van der Waals surface area contributed by atoms with E-state index >= 15 is 0 Å². The van der Waals surface area contributed by atoms with Gasteiger partial charge in [0.05, 0.1) is 0 Å². The Labute approximate surface area is 130 Å². The molecular weight excluding hydrogens is 262 g/mol. The predicted molar refractivity (Wildman–Crippen MR) is 87.1 cm³/mol. The van der Waals surface area contributed by atoms with Crippen LogP contribution >= 0.6 is 0 Å². The van der Waals surface area contributed by atoms with Gasteiger partial charge in [0.25, 0.3) is 0 Å². The number of amides is 1. The Balaban J connectivity index is 1.72. The van der Waals surface area contributed by atoms with Crippen molar-refractivity contribution >= 4 is 5.91 Å². The van der Waals surface area contributed by atoms with Crippen LogP contribution in [0.1, 0.15) is 58.8 Å². The van der Waals surface area contributed by atoms with Crippen molar-refractivity contribution in [1.29, 1.82) is 0 Å². The fourth-order valence-corrected chi connectivity index (χ4v) is 3.51. The highest BCUT2D eigenvalue weighted by atomic mass is 16.2. The summed E-state index contributed by atoms with van der Waals surface area (Å²) in [5, 5.41) is 0. The molecule has 122 valence electrons. The Bertz CT molecular complexity index is 329. The zero-order valence-corrected chi connectivity index (χ0v) is 13.9. The van der Waals surface area contributed by atoms with Crippen LogP contribution in [0.2, 0.25) is 0 Å². The molecule has 1 saturated carbocycles. The molecule has 0 radical (unpaired) electrons. The molecule has 0 unspecified atom stereocenters. The lowest BCUT2D eigenvalue weighted by Gasteiger charge is -2.38. The summed E-state index contributed by atoms with van der Waals surface area (Å²) in [5.41, 5.74) is 6.20. The van der Waals surface area contributed by atoms with Crippen LogP contribution < -0.4 is 5.73 Å². The zero-order valence-electron chi connectivity index (χ0n) is 13.9. The predicted octanol–water partition coefficient (Wildman–Crippen LogP) is 2.23. The van der Waals surface area contributed by atoms with Crippen LogP contribution in [0.15, 0.2) is 0 Å². The smallest absolute Gasteiger partial charge is 0.224 e. The van der Waals surface area contributed by atoms with Crippen LogP contribution in [-0.4, -0.2) is 54.0 Å². The van der Waals surface area contributed by atoms with Crippen LogP contribution in [-0.2, 0) is 4.79 Å². The van der Waals surface area contributed by atoms with Gasteiger partial charge in [-0.3, -0.25) is 9.69 Å². The Hall–Kier alpha value is -0.610. The third-order valence-corrected chi connectivity index (χ3v) is 5.10. The lowest BCUT2D eigenvalue weighted by Crippen LogP contribution is -2.52. The van der Waals surface area contributed by atoms with Gasteiger partial charge in [-0.25, -0.2) is 0 Å². The van der Waals surface area contributed by atoms with Crippen LogP contribution in [0.4, 0.5) is 0 Å². The molecule has 1 amide bonds. The van der Waals surface area contributed by atoms with Gasteiger partial charge in [-0.1, -0.05) is 33.1 Å². The molecule has 4 nitrogen and oxygen atoms in total. The van der Waals surface area contributed by atoms with Gasteiger partial charge in [-0.15, -0.1) is 0 Å². The van der Waals surface area contributed by atoms with Crippen LogP contribution in [0.3, 0.4) is 0 Å². The average molecular weight is 295 g/mol. The number of hydrogen-bond donors (Lipinski definition) is 1. The quantitative estimate of drug-likeness (QED) is 0.846. The van der Waals surface area contributed by atoms with Gasteiger partial charge in [0.2, 0.25) is 5.91 Å². The maximum atomic E-state index is 12.5. The normalized spacial score (nSPS) is 23.5. The summed E-state index contributed by atoms with van der Waals surface area (Å²) >= 11 is 0. The summed E-state index contributed by atoms with van der Waals surface area (Å²) in [4.78, 5) is 17.0. The molecule has 0 aromatic carbocycles. The minimum Gasteiger partial charge on any atom is -0.340 e. The van der Waals surface area contributed by atoms with Crippen molar-refractivity contribution < 1.29 is 4.79 Å².